The maximum absolute atomic E-state index is 11.9. The molecule has 0 aliphatic heterocycles. The molecule has 86 valence electrons. The zero-order chi connectivity index (χ0) is 10.8. The SMILES string of the molecule is C[C@H](N)c1ccc(SC(F)(F)F)cc1.Cl. The first-order chi connectivity index (χ1) is 6.38. The molecule has 2 N–H and O–H groups in total. The number of hydrogen-bond acceptors (Lipinski definition) is 2. The molecule has 0 saturated heterocycles. The molecule has 1 aromatic carbocycles. The van der Waals surface area contributed by atoms with Crippen molar-refractivity contribution in [3.05, 3.63) is 29.8 Å². The zero-order valence-corrected chi connectivity index (χ0v) is 9.55. The van der Waals surface area contributed by atoms with Crippen LogP contribution < -0.4 is 5.73 Å². The molecule has 1 nitrogen and oxygen atoms in total. The quantitative estimate of drug-likeness (QED) is 0.817. The van der Waals surface area contributed by atoms with Crippen molar-refractivity contribution in [3.63, 3.8) is 0 Å². The molecule has 0 fully saturated rings. The highest BCUT2D eigenvalue weighted by atomic mass is 35.5. The summed E-state index contributed by atoms with van der Waals surface area (Å²) >= 11 is -0.120. The predicted molar refractivity (Wildman–Crippen MR) is 58.2 cm³/mol. The van der Waals surface area contributed by atoms with E-state index in [1.54, 1.807) is 19.1 Å². The van der Waals surface area contributed by atoms with Crippen molar-refractivity contribution in [2.24, 2.45) is 5.73 Å². The molecule has 0 radical (unpaired) electrons. The van der Waals surface area contributed by atoms with Crippen molar-refractivity contribution >= 4 is 24.2 Å². The summed E-state index contributed by atoms with van der Waals surface area (Å²) in [7, 11) is 0. The van der Waals surface area contributed by atoms with Crippen molar-refractivity contribution < 1.29 is 13.2 Å². The number of alkyl halides is 3. The molecule has 0 unspecified atom stereocenters. The third-order valence-electron chi connectivity index (χ3n) is 1.64. The smallest absolute Gasteiger partial charge is 0.324 e. The number of benzene rings is 1. The number of thioether (sulfide) groups is 1. The minimum absolute atomic E-state index is 0. The van der Waals surface area contributed by atoms with E-state index in [2.05, 4.69) is 0 Å². The number of nitrogens with two attached hydrogens (primary N) is 1. The summed E-state index contributed by atoms with van der Waals surface area (Å²) in [5.41, 5.74) is 2.17. The first kappa shape index (κ1) is 14.6. The molecule has 6 heteroatoms. The highest BCUT2D eigenvalue weighted by Gasteiger charge is 2.28. The molecule has 1 aromatic rings. The first-order valence-corrected chi connectivity index (χ1v) is 4.81. The number of halogens is 4. The molecule has 0 amide bonds. The van der Waals surface area contributed by atoms with Crippen LogP contribution in [0.25, 0.3) is 0 Å². The largest absolute Gasteiger partial charge is 0.446 e. The van der Waals surface area contributed by atoms with Gasteiger partial charge in [-0.15, -0.1) is 12.4 Å². The standard InChI is InChI=1S/C9H10F3NS.ClH/c1-6(13)7-2-4-8(5-3-7)14-9(10,11)12;/h2-6H,13H2,1H3;1H/t6-;/m0./s1. The Bertz CT molecular complexity index is 297. The van der Waals surface area contributed by atoms with Gasteiger partial charge in [-0.3, -0.25) is 0 Å². The minimum Gasteiger partial charge on any atom is -0.324 e. The van der Waals surface area contributed by atoms with E-state index in [9.17, 15) is 13.2 Å². The molecule has 0 aliphatic rings. The molecule has 0 aliphatic carbocycles. The van der Waals surface area contributed by atoms with Gasteiger partial charge in [0.05, 0.1) is 0 Å². The van der Waals surface area contributed by atoms with E-state index in [4.69, 9.17) is 5.73 Å². The lowest BCUT2D eigenvalue weighted by molar-refractivity contribution is -0.0328. The Morgan fingerprint density at radius 3 is 2.00 bits per heavy atom. The molecule has 0 heterocycles. The van der Waals surface area contributed by atoms with Crippen LogP contribution in [0.4, 0.5) is 13.2 Å². The van der Waals surface area contributed by atoms with Crippen molar-refractivity contribution in [1.82, 2.24) is 0 Å². The van der Waals surface area contributed by atoms with Crippen LogP contribution >= 0.6 is 24.2 Å². The van der Waals surface area contributed by atoms with Crippen molar-refractivity contribution in [2.75, 3.05) is 0 Å². The van der Waals surface area contributed by atoms with Gasteiger partial charge in [-0.25, -0.2) is 0 Å². The second kappa shape index (κ2) is 5.63. The third-order valence-corrected chi connectivity index (χ3v) is 2.38. The molecule has 15 heavy (non-hydrogen) atoms. The van der Waals surface area contributed by atoms with E-state index in [0.29, 0.717) is 0 Å². The average Bonchev–Trinajstić information content (AvgIpc) is 2.02. The van der Waals surface area contributed by atoms with Crippen molar-refractivity contribution in [2.45, 2.75) is 23.4 Å². The van der Waals surface area contributed by atoms with Gasteiger partial charge in [0.15, 0.2) is 0 Å². The van der Waals surface area contributed by atoms with Crippen LogP contribution in [-0.2, 0) is 0 Å². The lowest BCUT2D eigenvalue weighted by Gasteiger charge is -2.08. The van der Waals surface area contributed by atoms with Gasteiger partial charge >= 0.3 is 5.51 Å². The van der Waals surface area contributed by atoms with Crippen LogP contribution in [0.2, 0.25) is 0 Å². The zero-order valence-electron chi connectivity index (χ0n) is 7.91. The Morgan fingerprint density at radius 1 is 1.20 bits per heavy atom. The van der Waals surface area contributed by atoms with Gasteiger partial charge < -0.3 is 5.73 Å². The van der Waals surface area contributed by atoms with Gasteiger partial charge in [-0.05, 0) is 36.4 Å². The minimum atomic E-state index is -4.23. The number of hydrogen-bond donors (Lipinski definition) is 1. The van der Waals surface area contributed by atoms with Gasteiger partial charge in [-0.1, -0.05) is 12.1 Å². The summed E-state index contributed by atoms with van der Waals surface area (Å²) in [6.07, 6.45) is 0. The maximum atomic E-state index is 11.9. The lowest BCUT2D eigenvalue weighted by Crippen LogP contribution is -2.04. The summed E-state index contributed by atoms with van der Waals surface area (Å²) in [5.74, 6) is 0. The summed E-state index contributed by atoms with van der Waals surface area (Å²) in [4.78, 5) is 0.182. The fourth-order valence-corrected chi connectivity index (χ4v) is 1.51. The molecule has 0 saturated carbocycles. The average molecular weight is 258 g/mol. The van der Waals surface area contributed by atoms with Gasteiger partial charge in [0.25, 0.3) is 0 Å². The van der Waals surface area contributed by atoms with Gasteiger partial charge in [0.1, 0.15) is 0 Å². The Balaban J connectivity index is 0.00000196. The fourth-order valence-electron chi connectivity index (χ4n) is 0.973. The molecule has 1 rings (SSSR count). The Hall–Kier alpha value is -0.390. The molecule has 0 bridgehead atoms. The second-order valence-electron chi connectivity index (χ2n) is 2.91. The van der Waals surface area contributed by atoms with Gasteiger partial charge in [-0.2, -0.15) is 13.2 Å². The van der Waals surface area contributed by atoms with Crippen LogP contribution in [0.3, 0.4) is 0 Å². The Kier molecular flexibility index (Phi) is 5.48. The topological polar surface area (TPSA) is 26.0 Å². The lowest BCUT2D eigenvalue weighted by atomic mass is 10.1. The highest BCUT2D eigenvalue weighted by Crippen LogP contribution is 2.36. The Labute approximate surface area is 96.6 Å². The van der Waals surface area contributed by atoms with E-state index in [0.717, 1.165) is 5.56 Å². The van der Waals surface area contributed by atoms with Crippen LogP contribution in [0.1, 0.15) is 18.5 Å². The van der Waals surface area contributed by atoms with E-state index in [1.807, 2.05) is 0 Å². The fraction of sp³-hybridized carbons (Fsp3) is 0.333. The summed E-state index contributed by atoms with van der Waals surface area (Å²) in [5, 5.41) is 0. The van der Waals surface area contributed by atoms with Crippen LogP contribution in [-0.4, -0.2) is 5.51 Å². The molecular weight excluding hydrogens is 247 g/mol. The van der Waals surface area contributed by atoms with E-state index in [1.165, 1.54) is 12.1 Å². The van der Waals surface area contributed by atoms with Crippen LogP contribution in [0.5, 0.6) is 0 Å². The monoisotopic (exact) mass is 257 g/mol. The van der Waals surface area contributed by atoms with Crippen molar-refractivity contribution in [3.8, 4) is 0 Å². The van der Waals surface area contributed by atoms with E-state index < -0.39 is 5.51 Å². The predicted octanol–water partition coefficient (Wildman–Crippen LogP) is 3.74. The van der Waals surface area contributed by atoms with Gasteiger partial charge in [0, 0.05) is 10.9 Å². The van der Waals surface area contributed by atoms with E-state index >= 15 is 0 Å². The summed E-state index contributed by atoms with van der Waals surface area (Å²) in [6, 6.07) is 5.92. The molecule has 1 atom stereocenters. The normalized spacial score (nSPS) is 13.1. The number of rotatable bonds is 2. The second-order valence-corrected chi connectivity index (χ2v) is 4.04. The maximum Gasteiger partial charge on any atom is 0.446 e. The third kappa shape index (κ3) is 5.30. The molecule has 0 spiro atoms. The van der Waals surface area contributed by atoms with Crippen molar-refractivity contribution in [1.29, 1.82) is 0 Å². The van der Waals surface area contributed by atoms with Crippen LogP contribution in [0, 0.1) is 0 Å². The first-order valence-electron chi connectivity index (χ1n) is 4.00. The molecule has 0 aromatic heterocycles. The van der Waals surface area contributed by atoms with E-state index in [-0.39, 0.29) is 35.1 Å². The Morgan fingerprint density at radius 2 is 1.67 bits per heavy atom. The van der Waals surface area contributed by atoms with Crippen LogP contribution in [0.15, 0.2) is 29.2 Å². The summed E-state index contributed by atoms with van der Waals surface area (Å²) < 4.78 is 35.8. The molecular formula is C9H11ClF3NS. The highest BCUT2D eigenvalue weighted by molar-refractivity contribution is 8.00. The van der Waals surface area contributed by atoms with Gasteiger partial charge in [0.2, 0.25) is 0 Å². The summed E-state index contributed by atoms with van der Waals surface area (Å²) in [6.45, 7) is 1.78.